The van der Waals surface area contributed by atoms with Gasteiger partial charge in [0.2, 0.25) is 5.91 Å². The molecule has 0 radical (unpaired) electrons. The van der Waals surface area contributed by atoms with Crippen molar-refractivity contribution in [3.05, 3.63) is 30.0 Å². The van der Waals surface area contributed by atoms with Crippen molar-refractivity contribution in [1.29, 1.82) is 0 Å². The molecule has 1 aromatic carbocycles. The van der Waals surface area contributed by atoms with E-state index in [1.165, 1.54) is 4.68 Å². The second kappa shape index (κ2) is 5.61. The summed E-state index contributed by atoms with van der Waals surface area (Å²) in [6.45, 7) is 0. The molecule has 4 N–H and O–H groups in total. The zero-order valence-electron chi connectivity index (χ0n) is 11.2. The van der Waals surface area contributed by atoms with E-state index in [4.69, 9.17) is 10.8 Å². The maximum Gasteiger partial charge on any atom is 0.326 e. The van der Waals surface area contributed by atoms with Crippen LogP contribution in [0.25, 0.3) is 10.9 Å². The smallest absolute Gasteiger partial charge is 0.326 e. The van der Waals surface area contributed by atoms with Crippen molar-refractivity contribution in [2.75, 3.05) is 0 Å². The summed E-state index contributed by atoms with van der Waals surface area (Å²) in [5.41, 5.74) is 5.81. The molecule has 0 unspecified atom stereocenters. The van der Waals surface area contributed by atoms with Crippen LogP contribution in [-0.2, 0) is 16.6 Å². The van der Waals surface area contributed by atoms with Gasteiger partial charge in [-0.1, -0.05) is 18.2 Å². The second-order valence-electron chi connectivity index (χ2n) is 4.52. The summed E-state index contributed by atoms with van der Waals surface area (Å²) in [5.74, 6) is -2.81. The fourth-order valence-electron chi connectivity index (χ4n) is 2.01. The van der Waals surface area contributed by atoms with Gasteiger partial charge in [0, 0.05) is 12.4 Å². The number of para-hydroxylation sites is 1. The van der Waals surface area contributed by atoms with Crippen LogP contribution < -0.4 is 11.1 Å². The van der Waals surface area contributed by atoms with Crippen LogP contribution in [0.5, 0.6) is 0 Å². The maximum absolute atomic E-state index is 12.2. The Kier molecular flexibility index (Phi) is 3.88. The number of nitrogens with two attached hydrogens (primary N) is 1. The highest BCUT2D eigenvalue weighted by molar-refractivity contribution is 6.06. The average Bonchev–Trinajstić information content (AvgIpc) is 2.75. The first-order valence-corrected chi connectivity index (χ1v) is 6.14. The van der Waals surface area contributed by atoms with Gasteiger partial charge in [-0.2, -0.15) is 5.10 Å². The Labute approximate surface area is 119 Å². The number of amides is 2. The molecule has 0 aliphatic heterocycles. The third-order valence-corrected chi connectivity index (χ3v) is 2.98. The topological polar surface area (TPSA) is 127 Å². The number of fused-ring (bicyclic) bond motifs is 1. The van der Waals surface area contributed by atoms with E-state index < -0.39 is 30.2 Å². The van der Waals surface area contributed by atoms with E-state index in [1.807, 2.05) is 0 Å². The molecular formula is C13H14N4O4. The van der Waals surface area contributed by atoms with Gasteiger partial charge in [-0.05, 0) is 6.07 Å². The molecule has 8 nitrogen and oxygen atoms in total. The number of hydrogen-bond acceptors (Lipinski definition) is 4. The zero-order chi connectivity index (χ0) is 15.6. The molecule has 0 fully saturated rings. The molecule has 0 spiro atoms. The molecule has 110 valence electrons. The highest BCUT2D eigenvalue weighted by Gasteiger charge is 2.25. The molecule has 2 aromatic rings. The van der Waals surface area contributed by atoms with E-state index >= 15 is 0 Å². The third-order valence-electron chi connectivity index (χ3n) is 2.98. The molecular weight excluding hydrogens is 276 g/mol. The van der Waals surface area contributed by atoms with Crippen molar-refractivity contribution < 1.29 is 19.5 Å². The van der Waals surface area contributed by atoms with Gasteiger partial charge < -0.3 is 16.2 Å². The summed E-state index contributed by atoms with van der Waals surface area (Å²) in [6.07, 6.45) is -0.480. The number of nitrogens with one attached hydrogen (secondary N) is 1. The second-order valence-corrected chi connectivity index (χ2v) is 4.52. The molecule has 1 aromatic heterocycles. The number of primary amides is 1. The lowest BCUT2D eigenvalue weighted by Gasteiger charge is -2.11. The average molecular weight is 290 g/mol. The number of carboxylic acid groups (broad SMARTS) is 1. The Hall–Kier alpha value is -2.90. The Morgan fingerprint density at radius 2 is 2.05 bits per heavy atom. The highest BCUT2D eigenvalue weighted by Crippen LogP contribution is 2.17. The van der Waals surface area contributed by atoms with E-state index in [-0.39, 0.29) is 5.69 Å². The lowest BCUT2D eigenvalue weighted by atomic mass is 10.1. The van der Waals surface area contributed by atoms with Crippen molar-refractivity contribution in [1.82, 2.24) is 15.1 Å². The minimum absolute atomic E-state index is 0.101. The van der Waals surface area contributed by atoms with Gasteiger partial charge in [0.25, 0.3) is 5.91 Å². The third kappa shape index (κ3) is 2.99. The number of aliphatic carboxylic acids is 1. The number of benzene rings is 1. The molecule has 2 amide bonds. The lowest BCUT2D eigenvalue weighted by Crippen LogP contribution is -2.43. The Morgan fingerprint density at radius 1 is 1.38 bits per heavy atom. The van der Waals surface area contributed by atoms with Crippen LogP contribution in [0.3, 0.4) is 0 Å². The molecule has 1 atom stereocenters. The summed E-state index contributed by atoms with van der Waals surface area (Å²) in [5, 5.41) is 15.9. The molecule has 0 aliphatic carbocycles. The number of aryl methyl sites for hydroxylation is 1. The SMILES string of the molecule is Cn1nc(C(=O)N[C@H](CC(N)=O)C(=O)O)c2ccccc21. The monoisotopic (exact) mass is 290 g/mol. The molecule has 0 saturated carbocycles. The van der Waals surface area contributed by atoms with Crippen molar-refractivity contribution in [2.24, 2.45) is 12.8 Å². The number of carbonyl (C=O) groups is 3. The largest absolute Gasteiger partial charge is 0.480 e. The van der Waals surface area contributed by atoms with E-state index in [0.29, 0.717) is 5.39 Å². The van der Waals surface area contributed by atoms with Crippen LogP contribution in [0.4, 0.5) is 0 Å². The molecule has 2 rings (SSSR count). The summed E-state index contributed by atoms with van der Waals surface area (Å²) in [4.78, 5) is 34.0. The fourth-order valence-corrected chi connectivity index (χ4v) is 2.01. The standard InChI is InChI=1S/C13H14N4O4/c1-17-9-5-3-2-4-7(9)11(16-17)12(19)15-8(13(20)21)6-10(14)18/h2-5,8H,6H2,1H3,(H2,14,18)(H,15,19)(H,20,21)/t8-/m1/s1. The van der Waals surface area contributed by atoms with Crippen LogP contribution in [0.15, 0.2) is 24.3 Å². The molecule has 0 bridgehead atoms. The zero-order valence-corrected chi connectivity index (χ0v) is 11.2. The van der Waals surface area contributed by atoms with Crippen molar-refractivity contribution >= 4 is 28.7 Å². The quantitative estimate of drug-likeness (QED) is 0.692. The van der Waals surface area contributed by atoms with E-state index in [1.54, 1.807) is 31.3 Å². The first-order valence-electron chi connectivity index (χ1n) is 6.14. The van der Waals surface area contributed by atoms with Crippen molar-refractivity contribution in [3.8, 4) is 0 Å². The van der Waals surface area contributed by atoms with Gasteiger partial charge in [-0.15, -0.1) is 0 Å². The Balaban J connectivity index is 2.30. The van der Waals surface area contributed by atoms with Gasteiger partial charge in [0.15, 0.2) is 5.69 Å². The maximum atomic E-state index is 12.2. The molecule has 1 heterocycles. The predicted molar refractivity (Wildman–Crippen MR) is 73.4 cm³/mol. The minimum Gasteiger partial charge on any atom is -0.480 e. The fraction of sp³-hybridized carbons (Fsp3) is 0.231. The van der Waals surface area contributed by atoms with Crippen LogP contribution >= 0.6 is 0 Å². The van der Waals surface area contributed by atoms with Crippen molar-refractivity contribution in [3.63, 3.8) is 0 Å². The van der Waals surface area contributed by atoms with Gasteiger partial charge in [-0.3, -0.25) is 14.3 Å². The van der Waals surface area contributed by atoms with Crippen LogP contribution in [0.1, 0.15) is 16.9 Å². The lowest BCUT2D eigenvalue weighted by molar-refractivity contribution is -0.140. The normalized spacial score (nSPS) is 12.0. The summed E-state index contributed by atoms with van der Waals surface area (Å²) in [7, 11) is 1.68. The molecule has 21 heavy (non-hydrogen) atoms. The summed E-state index contributed by atoms with van der Waals surface area (Å²) >= 11 is 0. The number of nitrogens with zero attached hydrogens (tertiary/aromatic N) is 2. The predicted octanol–water partition coefficient (Wildman–Crippen LogP) is -0.368. The van der Waals surface area contributed by atoms with Crippen LogP contribution in [0.2, 0.25) is 0 Å². The number of carbonyl (C=O) groups excluding carboxylic acids is 2. The minimum atomic E-state index is -1.38. The van der Waals surface area contributed by atoms with Gasteiger partial charge in [0.1, 0.15) is 6.04 Å². The molecule has 0 saturated heterocycles. The Morgan fingerprint density at radius 3 is 2.67 bits per heavy atom. The first kappa shape index (κ1) is 14.5. The first-order chi connectivity index (χ1) is 9.90. The van der Waals surface area contributed by atoms with Gasteiger partial charge >= 0.3 is 5.97 Å². The summed E-state index contributed by atoms with van der Waals surface area (Å²) < 4.78 is 1.52. The van der Waals surface area contributed by atoms with Crippen LogP contribution in [0, 0.1) is 0 Å². The van der Waals surface area contributed by atoms with Crippen LogP contribution in [-0.4, -0.2) is 38.7 Å². The molecule has 8 heteroatoms. The molecule has 0 aliphatic rings. The summed E-state index contributed by atoms with van der Waals surface area (Å²) in [6, 6.07) is 5.67. The Bertz CT molecular complexity index is 722. The van der Waals surface area contributed by atoms with Gasteiger partial charge in [0.05, 0.1) is 11.9 Å². The van der Waals surface area contributed by atoms with E-state index in [0.717, 1.165) is 5.52 Å². The number of aromatic nitrogens is 2. The number of carboxylic acids is 1. The van der Waals surface area contributed by atoms with Crippen molar-refractivity contribution in [2.45, 2.75) is 12.5 Å². The van der Waals surface area contributed by atoms with E-state index in [2.05, 4.69) is 10.4 Å². The van der Waals surface area contributed by atoms with E-state index in [9.17, 15) is 14.4 Å². The highest BCUT2D eigenvalue weighted by atomic mass is 16.4. The number of hydrogen-bond donors (Lipinski definition) is 3. The van der Waals surface area contributed by atoms with Gasteiger partial charge in [-0.25, -0.2) is 4.79 Å². The number of rotatable bonds is 5.